The minimum atomic E-state index is 0.648. The molecule has 2 heterocycles. The van der Waals surface area contributed by atoms with E-state index >= 15 is 0 Å². The fourth-order valence-corrected chi connectivity index (χ4v) is 2.00. The second kappa shape index (κ2) is 3.82. The van der Waals surface area contributed by atoms with Gasteiger partial charge in [0.1, 0.15) is 0 Å². The average molecular weight is 188 g/mol. The minimum Gasteiger partial charge on any atom is -0.241 e. The number of pyridine rings is 1. The third-order valence-corrected chi connectivity index (χ3v) is 2.88. The molecule has 0 spiro atoms. The molecule has 2 rings (SSSR count). The molecule has 74 valence electrons. The van der Waals surface area contributed by atoms with E-state index in [4.69, 9.17) is 0 Å². The van der Waals surface area contributed by atoms with Crippen molar-refractivity contribution in [2.45, 2.75) is 32.6 Å². The van der Waals surface area contributed by atoms with Crippen LogP contribution in [0.1, 0.15) is 38.2 Å². The fourth-order valence-electron chi connectivity index (χ4n) is 2.00. The summed E-state index contributed by atoms with van der Waals surface area (Å²) in [5.74, 6) is 0.648. The van der Waals surface area contributed by atoms with E-state index in [1.54, 1.807) is 0 Å². The van der Waals surface area contributed by atoms with Gasteiger partial charge in [-0.3, -0.25) is 0 Å². The Morgan fingerprint density at radius 2 is 2.07 bits per heavy atom. The number of hydrogen-bond donors (Lipinski definition) is 0. The molecule has 0 aliphatic rings. The Hall–Kier alpha value is -1.31. The average Bonchev–Trinajstić information content (AvgIpc) is 2.65. The molecule has 0 aliphatic carbocycles. The minimum absolute atomic E-state index is 0.648. The molecular formula is C12H16N2. The predicted molar refractivity (Wildman–Crippen MR) is 58.5 cm³/mol. The van der Waals surface area contributed by atoms with E-state index in [2.05, 4.69) is 31.1 Å². The highest BCUT2D eigenvalue weighted by atomic mass is 15.2. The van der Waals surface area contributed by atoms with Crippen molar-refractivity contribution in [2.75, 3.05) is 0 Å². The predicted octanol–water partition coefficient (Wildman–Crippen LogP) is 3.24. The van der Waals surface area contributed by atoms with Crippen LogP contribution in [0.15, 0.2) is 30.6 Å². The lowest BCUT2D eigenvalue weighted by Crippen LogP contribution is -1.94. The molecule has 2 aromatic rings. The molecule has 0 aromatic carbocycles. The molecule has 2 heteroatoms. The number of rotatable bonds is 3. The molecule has 14 heavy (non-hydrogen) atoms. The molecule has 0 saturated heterocycles. The van der Waals surface area contributed by atoms with Crippen LogP contribution in [0.2, 0.25) is 0 Å². The first-order chi connectivity index (χ1) is 6.86. The van der Waals surface area contributed by atoms with E-state index in [9.17, 15) is 0 Å². The zero-order valence-electron chi connectivity index (χ0n) is 8.77. The van der Waals surface area contributed by atoms with Crippen molar-refractivity contribution in [1.82, 2.24) is 9.61 Å². The highest BCUT2D eigenvalue weighted by Gasteiger charge is 2.11. The van der Waals surface area contributed by atoms with Gasteiger partial charge in [-0.25, -0.2) is 4.52 Å². The topological polar surface area (TPSA) is 17.3 Å². The Kier molecular flexibility index (Phi) is 2.53. The summed E-state index contributed by atoms with van der Waals surface area (Å²) in [5.41, 5.74) is 2.64. The summed E-state index contributed by atoms with van der Waals surface area (Å²) in [6.07, 6.45) is 6.38. The lowest BCUT2D eigenvalue weighted by atomic mass is 9.95. The summed E-state index contributed by atoms with van der Waals surface area (Å²) < 4.78 is 1.95. The number of nitrogens with zero attached hydrogens (tertiary/aromatic N) is 2. The van der Waals surface area contributed by atoms with Gasteiger partial charge in [0.25, 0.3) is 0 Å². The molecular weight excluding hydrogens is 172 g/mol. The van der Waals surface area contributed by atoms with Crippen molar-refractivity contribution in [3.63, 3.8) is 0 Å². The molecule has 2 nitrogen and oxygen atoms in total. The summed E-state index contributed by atoms with van der Waals surface area (Å²) in [7, 11) is 0. The van der Waals surface area contributed by atoms with Gasteiger partial charge in [0.2, 0.25) is 0 Å². The molecule has 0 fully saturated rings. The molecule has 0 atom stereocenters. The summed E-state index contributed by atoms with van der Waals surface area (Å²) in [4.78, 5) is 0. The number of fused-ring (bicyclic) bond motifs is 1. The lowest BCUT2D eigenvalue weighted by molar-refractivity contribution is 0.646. The third kappa shape index (κ3) is 1.41. The van der Waals surface area contributed by atoms with Crippen LogP contribution in [0.25, 0.3) is 5.52 Å². The molecule has 2 aromatic heterocycles. The Balaban J connectivity index is 2.51. The van der Waals surface area contributed by atoms with Crippen LogP contribution in [0.3, 0.4) is 0 Å². The van der Waals surface area contributed by atoms with E-state index < -0.39 is 0 Å². The number of aromatic nitrogens is 2. The summed E-state index contributed by atoms with van der Waals surface area (Å²) >= 11 is 0. The normalized spacial score (nSPS) is 11.4. The van der Waals surface area contributed by atoms with Gasteiger partial charge >= 0.3 is 0 Å². The van der Waals surface area contributed by atoms with Gasteiger partial charge in [-0.15, -0.1) is 0 Å². The second-order valence-corrected chi connectivity index (χ2v) is 3.64. The SMILES string of the molecule is CCC(CC)c1cnn2ccccc12. The second-order valence-electron chi connectivity index (χ2n) is 3.64. The maximum Gasteiger partial charge on any atom is 0.0696 e. The van der Waals surface area contributed by atoms with Crippen LogP contribution in [-0.2, 0) is 0 Å². The monoisotopic (exact) mass is 188 g/mol. The molecule has 0 aliphatic heterocycles. The van der Waals surface area contributed by atoms with E-state index in [1.807, 2.05) is 23.0 Å². The van der Waals surface area contributed by atoms with Crippen LogP contribution in [-0.4, -0.2) is 9.61 Å². The lowest BCUT2D eigenvalue weighted by Gasteiger charge is -2.09. The van der Waals surface area contributed by atoms with Crippen molar-refractivity contribution in [2.24, 2.45) is 0 Å². The van der Waals surface area contributed by atoms with Gasteiger partial charge in [-0.1, -0.05) is 19.9 Å². The fraction of sp³-hybridized carbons (Fsp3) is 0.417. The zero-order valence-corrected chi connectivity index (χ0v) is 8.77. The first-order valence-corrected chi connectivity index (χ1v) is 5.29. The number of hydrogen-bond acceptors (Lipinski definition) is 1. The molecule has 0 radical (unpaired) electrons. The highest BCUT2D eigenvalue weighted by Crippen LogP contribution is 2.26. The molecule has 0 amide bonds. The Bertz CT molecular complexity index is 413. The summed E-state index contributed by atoms with van der Waals surface area (Å²) in [6, 6.07) is 6.22. The smallest absolute Gasteiger partial charge is 0.0696 e. The van der Waals surface area contributed by atoms with Crippen LogP contribution < -0.4 is 0 Å². The van der Waals surface area contributed by atoms with E-state index in [0.717, 1.165) is 0 Å². The summed E-state index contributed by atoms with van der Waals surface area (Å²) in [5, 5.41) is 4.35. The third-order valence-electron chi connectivity index (χ3n) is 2.88. The van der Waals surface area contributed by atoms with Crippen molar-refractivity contribution in [3.8, 4) is 0 Å². The van der Waals surface area contributed by atoms with Gasteiger partial charge < -0.3 is 0 Å². The maximum absolute atomic E-state index is 4.35. The molecule has 0 saturated carbocycles. The molecule has 0 N–H and O–H groups in total. The Morgan fingerprint density at radius 1 is 1.29 bits per heavy atom. The Morgan fingerprint density at radius 3 is 2.79 bits per heavy atom. The van der Waals surface area contributed by atoms with Crippen molar-refractivity contribution < 1.29 is 0 Å². The quantitative estimate of drug-likeness (QED) is 0.722. The summed E-state index contributed by atoms with van der Waals surface area (Å²) in [6.45, 7) is 4.47. The van der Waals surface area contributed by atoms with Gasteiger partial charge in [-0.2, -0.15) is 5.10 Å². The van der Waals surface area contributed by atoms with Crippen molar-refractivity contribution >= 4 is 5.52 Å². The van der Waals surface area contributed by atoms with Crippen LogP contribution in [0.5, 0.6) is 0 Å². The largest absolute Gasteiger partial charge is 0.241 e. The molecule has 0 bridgehead atoms. The van der Waals surface area contributed by atoms with E-state index in [0.29, 0.717) is 5.92 Å². The van der Waals surface area contributed by atoms with Crippen molar-refractivity contribution in [1.29, 1.82) is 0 Å². The van der Waals surface area contributed by atoms with Crippen molar-refractivity contribution in [3.05, 3.63) is 36.2 Å². The first kappa shape index (κ1) is 9.25. The zero-order chi connectivity index (χ0) is 9.97. The maximum atomic E-state index is 4.35. The first-order valence-electron chi connectivity index (χ1n) is 5.29. The van der Waals surface area contributed by atoms with Crippen LogP contribution in [0, 0.1) is 0 Å². The Labute approximate surface area is 84.6 Å². The van der Waals surface area contributed by atoms with Crippen LogP contribution in [0.4, 0.5) is 0 Å². The van der Waals surface area contributed by atoms with E-state index in [1.165, 1.54) is 23.9 Å². The van der Waals surface area contributed by atoms with Gasteiger partial charge in [0.15, 0.2) is 0 Å². The van der Waals surface area contributed by atoms with Gasteiger partial charge in [0, 0.05) is 11.8 Å². The standard InChI is InChI=1S/C12H16N2/c1-3-10(4-2)11-9-13-14-8-6-5-7-12(11)14/h5-10H,3-4H2,1-2H3. The van der Waals surface area contributed by atoms with Gasteiger partial charge in [0.05, 0.1) is 11.7 Å². The van der Waals surface area contributed by atoms with Gasteiger partial charge in [-0.05, 0) is 30.9 Å². The van der Waals surface area contributed by atoms with Crippen LogP contribution >= 0.6 is 0 Å². The van der Waals surface area contributed by atoms with E-state index in [-0.39, 0.29) is 0 Å². The highest BCUT2D eigenvalue weighted by molar-refractivity contribution is 5.54. The molecule has 0 unspecified atom stereocenters.